The lowest BCUT2D eigenvalue weighted by Gasteiger charge is -2.12. The van der Waals surface area contributed by atoms with Crippen LogP contribution in [0.2, 0.25) is 0 Å². The third-order valence-electron chi connectivity index (χ3n) is 7.05. The molecule has 2 heteroatoms. The Morgan fingerprint density at radius 1 is 0.417 bits per heavy atom. The van der Waals surface area contributed by atoms with E-state index < -0.39 is 0 Å². The van der Waals surface area contributed by atoms with Crippen LogP contribution in [0.4, 0.5) is 0 Å². The van der Waals surface area contributed by atoms with E-state index in [1.807, 2.05) is 0 Å². The molecule has 6 aromatic carbocycles. The highest BCUT2D eigenvalue weighted by Crippen LogP contribution is 2.37. The van der Waals surface area contributed by atoms with Crippen LogP contribution in [-0.4, -0.2) is 4.57 Å². The molecular formula is C34H22BrN. The van der Waals surface area contributed by atoms with E-state index in [2.05, 4.69) is 154 Å². The molecule has 0 aliphatic rings. The first kappa shape index (κ1) is 21.2. The summed E-state index contributed by atoms with van der Waals surface area (Å²) in [5, 5.41) is 5.05. The van der Waals surface area contributed by atoms with E-state index >= 15 is 0 Å². The summed E-state index contributed by atoms with van der Waals surface area (Å²) in [5.74, 6) is 0. The van der Waals surface area contributed by atoms with Crippen LogP contribution < -0.4 is 0 Å². The maximum absolute atomic E-state index is 3.55. The molecule has 0 amide bonds. The minimum Gasteiger partial charge on any atom is -0.309 e. The van der Waals surface area contributed by atoms with Crippen LogP contribution >= 0.6 is 15.9 Å². The second-order valence-corrected chi connectivity index (χ2v) is 10.1. The largest absolute Gasteiger partial charge is 0.309 e. The van der Waals surface area contributed by atoms with Gasteiger partial charge in [0.25, 0.3) is 0 Å². The second-order valence-electron chi connectivity index (χ2n) is 9.17. The van der Waals surface area contributed by atoms with E-state index in [0.29, 0.717) is 0 Å². The van der Waals surface area contributed by atoms with Crippen molar-refractivity contribution in [2.24, 2.45) is 0 Å². The van der Waals surface area contributed by atoms with E-state index in [9.17, 15) is 0 Å². The topological polar surface area (TPSA) is 4.93 Å². The van der Waals surface area contributed by atoms with Gasteiger partial charge in [-0.1, -0.05) is 113 Å². The van der Waals surface area contributed by atoms with Crippen LogP contribution in [0, 0.1) is 0 Å². The molecule has 0 aliphatic carbocycles. The minimum absolute atomic E-state index is 1.09. The average molecular weight is 524 g/mol. The zero-order chi connectivity index (χ0) is 24.1. The molecule has 1 nitrogen and oxygen atoms in total. The highest BCUT2D eigenvalue weighted by atomic mass is 79.9. The summed E-state index contributed by atoms with van der Waals surface area (Å²) in [4.78, 5) is 0. The van der Waals surface area contributed by atoms with Crippen molar-refractivity contribution in [1.29, 1.82) is 0 Å². The first-order valence-electron chi connectivity index (χ1n) is 12.1. The lowest BCUT2D eigenvalue weighted by Crippen LogP contribution is -1.95. The van der Waals surface area contributed by atoms with Crippen molar-refractivity contribution in [3.8, 4) is 27.9 Å². The average Bonchev–Trinajstić information content (AvgIpc) is 3.27. The molecular weight excluding hydrogens is 502 g/mol. The molecule has 36 heavy (non-hydrogen) atoms. The lowest BCUT2D eigenvalue weighted by atomic mass is 9.98. The fraction of sp³-hybridized carbons (Fsp3) is 0. The summed E-state index contributed by atoms with van der Waals surface area (Å²) in [6, 6.07) is 48.1. The quantitative estimate of drug-likeness (QED) is 0.217. The van der Waals surface area contributed by atoms with Crippen LogP contribution in [0.3, 0.4) is 0 Å². The van der Waals surface area contributed by atoms with Crippen LogP contribution in [0.25, 0.3) is 60.5 Å². The van der Waals surface area contributed by atoms with Gasteiger partial charge < -0.3 is 4.57 Å². The maximum Gasteiger partial charge on any atom is 0.0547 e. The normalized spacial score (nSPS) is 11.5. The summed E-state index contributed by atoms with van der Waals surface area (Å²) < 4.78 is 3.52. The Kier molecular flexibility index (Phi) is 5.00. The van der Waals surface area contributed by atoms with E-state index in [0.717, 1.165) is 4.47 Å². The standard InChI is InChI=1S/C34H22BrN/c35-28-18-15-23(16-19-28)25-9-5-10-26(21-25)27-17-20-31-30-12-3-4-13-33(30)36(34(31)22-27)32-14-6-8-24-7-1-2-11-29(24)32/h1-22H. The molecule has 0 N–H and O–H groups in total. The third kappa shape index (κ3) is 3.45. The molecule has 0 fully saturated rings. The monoisotopic (exact) mass is 523 g/mol. The summed E-state index contributed by atoms with van der Waals surface area (Å²) in [6.45, 7) is 0. The number of rotatable bonds is 3. The number of hydrogen-bond acceptors (Lipinski definition) is 0. The summed E-state index contributed by atoms with van der Waals surface area (Å²) in [7, 11) is 0. The molecule has 0 spiro atoms. The fourth-order valence-corrected chi connectivity index (χ4v) is 5.60. The fourth-order valence-electron chi connectivity index (χ4n) is 5.33. The van der Waals surface area contributed by atoms with Crippen molar-refractivity contribution in [3.63, 3.8) is 0 Å². The van der Waals surface area contributed by atoms with E-state index in [-0.39, 0.29) is 0 Å². The third-order valence-corrected chi connectivity index (χ3v) is 7.58. The van der Waals surface area contributed by atoms with Gasteiger partial charge in [0.2, 0.25) is 0 Å². The van der Waals surface area contributed by atoms with Crippen LogP contribution in [0.1, 0.15) is 0 Å². The zero-order valence-corrected chi connectivity index (χ0v) is 21.1. The van der Waals surface area contributed by atoms with Gasteiger partial charge in [-0.3, -0.25) is 0 Å². The number of nitrogens with zero attached hydrogens (tertiary/aromatic N) is 1. The molecule has 0 saturated heterocycles. The molecule has 1 heterocycles. The van der Waals surface area contributed by atoms with Gasteiger partial charge in [0.15, 0.2) is 0 Å². The number of fused-ring (bicyclic) bond motifs is 4. The van der Waals surface area contributed by atoms with Gasteiger partial charge in [-0.25, -0.2) is 0 Å². The Bertz CT molecular complexity index is 1890. The number of halogens is 1. The lowest BCUT2D eigenvalue weighted by molar-refractivity contribution is 1.20. The van der Waals surface area contributed by atoms with Gasteiger partial charge in [0, 0.05) is 20.6 Å². The summed E-state index contributed by atoms with van der Waals surface area (Å²) in [6.07, 6.45) is 0. The van der Waals surface area contributed by atoms with Crippen molar-refractivity contribution in [1.82, 2.24) is 4.57 Å². The predicted octanol–water partition coefficient (Wildman–Crippen LogP) is 10.0. The van der Waals surface area contributed by atoms with Crippen molar-refractivity contribution >= 4 is 48.5 Å². The first-order valence-corrected chi connectivity index (χ1v) is 12.9. The van der Waals surface area contributed by atoms with E-state index in [4.69, 9.17) is 0 Å². The molecule has 0 bridgehead atoms. The van der Waals surface area contributed by atoms with Crippen LogP contribution in [-0.2, 0) is 0 Å². The van der Waals surface area contributed by atoms with E-state index in [1.165, 1.54) is 60.5 Å². The van der Waals surface area contributed by atoms with Crippen molar-refractivity contribution in [2.75, 3.05) is 0 Å². The molecule has 0 radical (unpaired) electrons. The van der Waals surface area contributed by atoms with Crippen molar-refractivity contribution in [2.45, 2.75) is 0 Å². The van der Waals surface area contributed by atoms with Gasteiger partial charge in [-0.15, -0.1) is 0 Å². The number of hydrogen-bond donors (Lipinski definition) is 0. The second kappa shape index (κ2) is 8.51. The molecule has 0 aliphatic heterocycles. The molecule has 0 atom stereocenters. The SMILES string of the molecule is Brc1ccc(-c2cccc(-c3ccc4c5ccccc5n(-c5cccc6ccccc56)c4c3)c2)cc1. The van der Waals surface area contributed by atoms with Crippen molar-refractivity contribution in [3.05, 3.63) is 138 Å². The molecule has 7 rings (SSSR count). The first-order chi connectivity index (χ1) is 17.8. The summed E-state index contributed by atoms with van der Waals surface area (Å²) >= 11 is 3.55. The molecule has 170 valence electrons. The predicted molar refractivity (Wildman–Crippen MR) is 157 cm³/mol. The van der Waals surface area contributed by atoms with Gasteiger partial charge in [0.05, 0.1) is 16.7 Å². The smallest absolute Gasteiger partial charge is 0.0547 e. The van der Waals surface area contributed by atoms with E-state index in [1.54, 1.807) is 0 Å². The number of aromatic nitrogens is 1. The van der Waals surface area contributed by atoms with Crippen LogP contribution in [0.15, 0.2) is 138 Å². The highest BCUT2D eigenvalue weighted by Gasteiger charge is 2.15. The Labute approximate surface area is 218 Å². The van der Waals surface area contributed by atoms with Crippen molar-refractivity contribution < 1.29 is 0 Å². The van der Waals surface area contributed by atoms with Gasteiger partial charge in [-0.05, 0) is 64.0 Å². The summed E-state index contributed by atoms with van der Waals surface area (Å²) in [5.41, 5.74) is 8.52. The minimum atomic E-state index is 1.09. The number of benzene rings is 6. The van der Waals surface area contributed by atoms with Crippen LogP contribution in [0.5, 0.6) is 0 Å². The van der Waals surface area contributed by atoms with Gasteiger partial charge >= 0.3 is 0 Å². The maximum atomic E-state index is 3.55. The van der Waals surface area contributed by atoms with Gasteiger partial charge in [-0.2, -0.15) is 0 Å². The Hall–Kier alpha value is -4.14. The Morgan fingerprint density at radius 2 is 1.03 bits per heavy atom. The zero-order valence-electron chi connectivity index (χ0n) is 19.5. The number of para-hydroxylation sites is 1. The molecule has 0 saturated carbocycles. The molecule has 7 aromatic rings. The molecule has 0 unspecified atom stereocenters. The van der Waals surface area contributed by atoms with Gasteiger partial charge in [0.1, 0.15) is 0 Å². The highest BCUT2D eigenvalue weighted by molar-refractivity contribution is 9.10. The Balaban J connectivity index is 1.47. The Morgan fingerprint density at radius 3 is 1.89 bits per heavy atom. The molecule has 1 aromatic heterocycles.